The molecule has 0 aromatic heterocycles. The summed E-state index contributed by atoms with van der Waals surface area (Å²) in [5.41, 5.74) is 1.25. The third kappa shape index (κ3) is 5.89. The highest BCUT2D eigenvalue weighted by Gasteiger charge is 2.64. The van der Waals surface area contributed by atoms with Crippen molar-refractivity contribution >= 4 is 0 Å². The van der Waals surface area contributed by atoms with Crippen molar-refractivity contribution in [3.63, 3.8) is 0 Å². The molecule has 2 heterocycles. The van der Waals surface area contributed by atoms with Crippen molar-refractivity contribution in [2.45, 2.75) is 138 Å². The molecule has 256 valence electrons. The first-order chi connectivity index (χ1) is 21.5. The number of rotatable bonds is 6. The Bertz CT molecular complexity index is 1020. The van der Waals surface area contributed by atoms with E-state index in [2.05, 4.69) is 22.0 Å². The van der Waals surface area contributed by atoms with E-state index in [0.717, 1.165) is 45.1 Å². The second-order valence-electron chi connectivity index (χ2n) is 16.0. The van der Waals surface area contributed by atoms with Gasteiger partial charge in [-0.2, -0.15) is 0 Å². The molecule has 11 heteroatoms. The van der Waals surface area contributed by atoms with Gasteiger partial charge in [0.2, 0.25) is 0 Å². The molecule has 8 rings (SSSR count). The van der Waals surface area contributed by atoms with Crippen molar-refractivity contribution in [3.8, 4) is 0 Å². The Balaban J connectivity index is 1.02. The third-order valence-corrected chi connectivity index (χ3v) is 13.2. The summed E-state index contributed by atoms with van der Waals surface area (Å²) < 4.78 is 125. The van der Waals surface area contributed by atoms with Crippen LogP contribution in [0.3, 0.4) is 0 Å². The lowest BCUT2D eigenvalue weighted by atomic mass is 9.54. The van der Waals surface area contributed by atoms with E-state index in [0.29, 0.717) is 31.2 Å². The highest BCUT2D eigenvalue weighted by atomic mass is 19.2. The Kier molecular flexibility index (Phi) is 9.29. The van der Waals surface area contributed by atoms with Gasteiger partial charge in [0, 0.05) is 35.9 Å². The van der Waals surface area contributed by atoms with Gasteiger partial charge in [-0.05, 0) is 107 Å². The molecule has 6 saturated carbocycles. The molecule has 0 spiro atoms. The molecule has 8 aliphatic rings. The summed E-state index contributed by atoms with van der Waals surface area (Å²) in [6, 6.07) is -2.03. The quantitative estimate of drug-likeness (QED) is 0.230. The average Bonchev–Trinajstić information content (AvgIpc) is 3.02. The fourth-order valence-corrected chi connectivity index (χ4v) is 11.2. The van der Waals surface area contributed by atoms with E-state index in [1.54, 1.807) is 0 Å². The van der Waals surface area contributed by atoms with Crippen LogP contribution in [0.1, 0.15) is 64.7 Å². The second kappa shape index (κ2) is 12.8. The predicted octanol–water partition coefficient (Wildman–Crippen LogP) is 6.42. The van der Waals surface area contributed by atoms with Crippen molar-refractivity contribution in [1.29, 1.82) is 0 Å². The number of alkyl halides is 8. The van der Waals surface area contributed by atoms with Gasteiger partial charge in [-0.3, -0.25) is 0 Å². The van der Waals surface area contributed by atoms with Crippen molar-refractivity contribution in [1.82, 2.24) is 16.0 Å². The zero-order valence-corrected chi connectivity index (χ0v) is 25.9. The first kappa shape index (κ1) is 32.6. The normalized spacial score (nSPS) is 56.7. The van der Waals surface area contributed by atoms with Crippen LogP contribution in [0.25, 0.3) is 0 Å². The molecule has 2 aliphatic heterocycles. The zero-order valence-electron chi connectivity index (χ0n) is 25.9. The van der Waals surface area contributed by atoms with Crippen LogP contribution in [0.4, 0.5) is 35.1 Å². The first-order valence-corrected chi connectivity index (χ1v) is 17.5. The van der Waals surface area contributed by atoms with Crippen molar-refractivity contribution in [2.75, 3.05) is 13.1 Å². The van der Waals surface area contributed by atoms with Gasteiger partial charge in [0.15, 0.2) is 0 Å². The Morgan fingerprint density at radius 2 is 1.20 bits per heavy atom. The van der Waals surface area contributed by atoms with Crippen molar-refractivity contribution in [3.05, 3.63) is 11.6 Å². The van der Waals surface area contributed by atoms with E-state index in [1.165, 1.54) is 5.57 Å². The maximum atomic E-state index is 15.7. The Hall–Kier alpha value is -0.940. The molecule has 1 saturated heterocycles. The summed E-state index contributed by atoms with van der Waals surface area (Å²) in [6.45, 7) is 3.45. The summed E-state index contributed by atoms with van der Waals surface area (Å²) in [5, 5.41) is 9.78. The largest absolute Gasteiger partial charge is 0.312 e. The minimum atomic E-state index is -2.79. The zero-order chi connectivity index (χ0) is 31.7. The molecule has 0 aromatic rings. The van der Waals surface area contributed by atoms with E-state index in [1.807, 2.05) is 6.92 Å². The molecule has 4 bridgehead atoms. The van der Waals surface area contributed by atoms with Crippen LogP contribution in [0, 0.1) is 47.3 Å². The predicted molar refractivity (Wildman–Crippen MR) is 157 cm³/mol. The van der Waals surface area contributed by atoms with E-state index < -0.39 is 73.2 Å². The van der Waals surface area contributed by atoms with Gasteiger partial charge in [0.05, 0.1) is 6.04 Å². The van der Waals surface area contributed by atoms with E-state index in [9.17, 15) is 0 Å². The van der Waals surface area contributed by atoms with Gasteiger partial charge in [-0.25, -0.2) is 35.1 Å². The topological polar surface area (TPSA) is 36.1 Å². The summed E-state index contributed by atoms with van der Waals surface area (Å²) in [5.74, 6) is -5.21. The molecular formula is C34H49F8N3. The molecule has 3 N–H and O–H groups in total. The summed E-state index contributed by atoms with van der Waals surface area (Å²) in [4.78, 5) is 0. The van der Waals surface area contributed by atoms with Gasteiger partial charge in [-0.15, -0.1) is 0 Å². The fourth-order valence-electron chi connectivity index (χ4n) is 11.2. The van der Waals surface area contributed by atoms with Crippen LogP contribution in [-0.4, -0.2) is 86.6 Å². The van der Waals surface area contributed by atoms with Gasteiger partial charge in [0.25, 0.3) is 0 Å². The Morgan fingerprint density at radius 1 is 0.644 bits per heavy atom. The maximum Gasteiger partial charge on any atom is 0.150 e. The molecular weight excluding hydrogens is 602 g/mol. The molecule has 45 heavy (non-hydrogen) atoms. The van der Waals surface area contributed by atoms with Crippen LogP contribution < -0.4 is 16.0 Å². The van der Waals surface area contributed by atoms with Crippen molar-refractivity contribution in [2.24, 2.45) is 47.3 Å². The highest BCUT2D eigenvalue weighted by molar-refractivity contribution is 5.14. The fraction of sp³-hybridized carbons (Fsp3) is 0.941. The minimum Gasteiger partial charge on any atom is -0.312 e. The number of hydrogen-bond donors (Lipinski definition) is 3. The van der Waals surface area contributed by atoms with E-state index in [-0.39, 0.29) is 42.3 Å². The molecule has 0 radical (unpaired) electrons. The Morgan fingerprint density at radius 3 is 1.76 bits per heavy atom. The van der Waals surface area contributed by atoms with Gasteiger partial charge >= 0.3 is 0 Å². The first-order valence-electron chi connectivity index (χ1n) is 17.5. The second-order valence-corrected chi connectivity index (χ2v) is 16.0. The number of halogens is 8. The molecule has 7 fully saturated rings. The maximum absolute atomic E-state index is 15.7. The number of piperidine rings is 1. The minimum absolute atomic E-state index is 0.000888. The van der Waals surface area contributed by atoms with Gasteiger partial charge in [0.1, 0.15) is 49.4 Å². The lowest BCUT2D eigenvalue weighted by molar-refractivity contribution is -0.158. The van der Waals surface area contributed by atoms with E-state index in [4.69, 9.17) is 0 Å². The third-order valence-electron chi connectivity index (χ3n) is 13.2. The van der Waals surface area contributed by atoms with Gasteiger partial charge in [-0.1, -0.05) is 11.6 Å². The van der Waals surface area contributed by atoms with Crippen LogP contribution in [0.5, 0.6) is 0 Å². The monoisotopic (exact) mass is 651 g/mol. The van der Waals surface area contributed by atoms with Crippen molar-refractivity contribution < 1.29 is 35.1 Å². The van der Waals surface area contributed by atoms with Crippen LogP contribution >= 0.6 is 0 Å². The molecule has 5 unspecified atom stereocenters. The number of nitrogens with one attached hydrogen (secondary N) is 3. The molecule has 15 atom stereocenters. The summed E-state index contributed by atoms with van der Waals surface area (Å²) >= 11 is 0. The standard InChI is InChI=1S/C34H49F8N3/c1-14-2-4-43-21(6-14)22-13-15(3-5-44-22)12-20-25(35)27(37)23(28(38)26(20)36)24-29(39)31(41)34(32(42)30(24)40)45-33-18-8-16-7-17(10-18)11-19(33)9-16/h6,15-34,43-45H,2-5,7-13H2,1H3/t15-,16?,17?,18?,19?,20?,21?,22-,23?,24?,25-,26+,27+,28+,29-,30+,31-,32+,33?,34?/m1/s1. The number of hydrogen-bond acceptors (Lipinski definition) is 3. The Labute approximate surface area is 261 Å². The van der Waals surface area contributed by atoms with Crippen LogP contribution in [-0.2, 0) is 0 Å². The molecule has 0 amide bonds. The SMILES string of the molecule is CC1=CC([C@H]2C[C@@H](CC3[C@@H](F)[C@@H](F)C(C4[C@@H](F)[C@@H](F)C(NC5C6CC7CC(C6)CC5C7)[C@@H](F)[C@H]4F)[C@H](F)[C@H]3F)CCN2)NCC1. The molecule has 3 nitrogen and oxygen atoms in total. The highest BCUT2D eigenvalue weighted by Crippen LogP contribution is 2.55. The average molecular weight is 652 g/mol. The summed E-state index contributed by atoms with van der Waals surface area (Å²) in [7, 11) is 0. The van der Waals surface area contributed by atoms with Crippen LogP contribution in [0.2, 0.25) is 0 Å². The summed E-state index contributed by atoms with van der Waals surface area (Å²) in [6.07, 6.45) is -12.4. The smallest absolute Gasteiger partial charge is 0.150 e. The molecule has 6 aliphatic carbocycles. The lowest BCUT2D eigenvalue weighted by Gasteiger charge is -2.56. The van der Waals surface area contributed by atoms with Crippen LogP contribution in [0.15, 0.2) is 11.6 Å². The van der Waals surface area contributed by atoms with Gasteiger partial charge < -0.3 is 16.0 Å². The lowest BCUT2D eigenvalue weighted by Crippen LogP contribution is -2.68. The van der Waals surface area contributed by atoms with E-state index >= 15 is 35.1 Å². The molecule has 0 aromatic carbocycles.